The van der Waals surface area contributed by atoms with Crippen LogP contribution < -0.4 is 0 Å². The molecule has 0 aliphatic heterocycles. The molecule has 0 fully saturated rings. The molecule has 286 valence electrons. The van der Waals surface area contributed by atoms with Crippen LogP contribution in [0.5, 0.6) is 0 Å². The summed E-state index contributed by atoms with van der Waals surface area (Å²) in [6.07, 6.45) is 0. The Labute approximate surface area is 354 Å². The summed E-state index contributed by atoms with van der Waals surface area (Å²) in [4.78, 5) is 16.1. The van der Waals surface area contributed by atoms with Gasteiger partial charge in [0.15, 0.2) is 0 Å². The molecular weight excluding hydrogens is 743 g/mol. The van der Waals surface area contributed by atoms with Crippen LogP contribution >= 0.6 is 0 Å². The van der Waals surface area contributed by atoms with E-state index in [0.717, 1.165) is 112 Å². The van der Waals surface area contributed by atoms with Crippen LogP contribution in [-0.2, 0) is 0 Å². The minimum atomic E-state index is 0.818. The van der Waals surface area contributed by atoms with Crippen LogP contribution in [0.15, 0.2) is 229 Å². The third-order valence-electron chi connectivity index (χ3n) is 11.3. The number of benzene rings is 7. The van der Waals surface area contributed by atoms with E-state index in [1.807, 2.05) is 30.3 Å². The maximum atomic E-state index is 7.00. The summed E-state index contributed by atoms with van der Waals surface area (Å²) in [6.45, 7) is 0. The molecule has 0 N–H and O–H groups in total. The Morgan fingerprint density at radius 2 is 0.639 bits per heavy atom. The lowest BCUT2D eigenvalue weighted by atomic mass is 9.94. The maximum absolute atomic E-state index is 7.00. The number of hydrogen-bond donors (Lipinski definition) is 0. The molecule has 0 radical (unpaired) electrons. The Hall–Kier alpha value is -8.21. The van der Waals surface area contributed by atoms with E-state index in [1.54, 1.807) is 0 Å². The zero-order chi connectivity index (χ0) is 40.5. The van der Waals surface area contributed by atoms with Crippen molar-refractivity contribution in [3.8, 4) is 89.8 Å². The molecule has 0 amide bonds. The van der Waals surface area contributed by atoms with Crippen molar-refractivity contribution >= 4 is 21.9 Å². The third kappa shape index (κ3) is 6.86. The Balaban J connectivity index is 1.18. The minimum Gasteiger partial charge on any atom is -0.455 e. The smallest absolute Gasteiger partial charge is 0.143 e. The first-order valence-corrected chi connectivity index (χ1v) is 20.5. The summed E-state index contributed by atoms with van der Waals surface area (Å²) < 4.78 is 7.00. The molecule has 61 heavy (non-hydrogen) atoms. The van der Waals surface area contributed by atoms with E-state index >= 15 is 0 Å². The van der Waals surface area contributed by atoms with E-state index in [0.29, 0.717) is 0 Å². The Morgan fingerprint density at radius 3 is 1.10 bits per heavy atom. The van der Waals surface area contributed by atoms with Gasteiger partial charge in [0.1, 0.15) is 11.2 Å². The molecule has 0 aliphatic rings. The molecule has 0 saturated heterocycles. The highest BCUT2D eigenvalue weighted by molar-refractivity contribution is 6.13. The van der Waals surface area contributed by atoms with E-state index < -0.39 is 0 Å². The Bertz CT molecular complexity index is 3210. The first kappa shape index (κ1) is 35.9. The van der Waals surface area contributed by atoms with Crippen LogP contribution in [0.1, 0.15) is 0 Å². The molecule has 0 saturated carbocycles. The zero-order valence-electron chi connectivity index (χ0n) is 33.1. The largest absolute Gasteiger partial charge is 0.455 e. The summed E-state index contributed by atoms with van der Waals surface area (Å²) in [5, 5.41) is 2.13. The molecule has 7 aromatic carbocycles. The lowest BCUT2D eigenvalue weighted by molar-refractivity contribution is 0.671. The van der Waals surface area contributed by atoms with Crippen LogP contribution in [-0.4, -0.2) is 15.0 Å². The SMILES string of the molecule is c1ccc(-c2cc(-c3ccc(-c4cccc5c4oc4c(-c6ccccc6)cccc45)c(-c4cc(-c5ccccc5)nc(-c5ccccc5)c4)n3)cc(-c3ccccc3)n2)cc1. The van der Waals surface area contributed by atoms with Gasteiger partial charge in [-0.2, -0.15) is 0 Å². The van der Waals surface area contributed by atoms with Crippen LogP contribution in [0.25, 0.3) is 112 Å². The summed E-state index contributed by atoms with van der Waals surface area (Å²) in [5.41, 5.74) is 17.0. The molecule has 11 aromatic rings. The molecule has 4 heteroatoms. The predicted octanol–water partition coefficient (Wildman–Crippen LogP) is 15.1. The van der Waals surface area contributed by atoms with Gasteiger partial charge in [0.05, 0.1) is 34.2 Å². The van der Waals surface area contributed by atoms with Crippen LogP contribution in [0, 0.1) is 0 Å². The first-order valence-electron chi connectivity index (χ1n) is 20.5. The van der Waals surface area contributed by atoms with Crippen molar-refractivity contribution in [2.24, 2.45) is 0 Å². The number of hydrogen-bond acceptors (Lipinski definition) is 4. The molecule has 0 bridgehead atoms. The number of furan rings is 1. The van der Waals surface area contributed by atoms with Crippen molar-refractivity contribution in [1.82, 2.24) is 15.0 Å². The average molecular weight is 780 g/mol. The number of fused-ring (bicyclic) bond motifs is 3. The van der Waals surface area contributed by atoms with Gasteiger partial charge in [-0.25, -0.2) is 15.0 Å². The summed E-state index contributed by atoms with van der Waals surface area (Å²) in [5.74, 6) is 0. The van der Waals surface area contributed by atoms with Crippen LogP contribution in [0.3, 0.4) is 0 Å². The molecule has 0 atom stereocenters. The van der Waals surface area contributed by atoms with Crippen molar-refractivity contribution in [2.45, 2.75) is 0 Å². The topological polar surface area (TPSA) is 51.8 Å². The molecule has 0 aliphatic carbocycles. The minimum absolute atomic E-state index is 0.818. The standard InChI is InChI=1S/C57H37N3O/c1-6-18-38(19-7-1)45-28-16-30-48-49-31-17-29-47(57(49)61-56(45)48)46-32-33-50(43-34-51(39-20-8-2-9-21-39)58-52(35-43)40-22-10-3-11-23-40)60-55(46)44-36-53(41-24-12-4-13-25-41)59-54(37-44)42-26-14-5-15-27-42/h1-37H. The third-order valence-corrected chi connectivity index (χ3v) is 11.3. The zero-order valence-corrected chi connectivity index (χ0v) is 33.1. The van der Waals surface area contributed by atoms with Crippen molar-refractivity contribution in [3.05, 3.63) is 224 Å². The fourth-order valence-corrected chi connectivity index (χ4v) is 8.31. The van der Waals surface area contributed by atoms with E-state index in [1.165, 1.54) is 0 Å². The molecule has 0 unspecified atom stereocenters. The van der Waals surface area contributed by atoms with Crippen molar-refractivity contribution in [1.29, 1.82) is 0 Å². The molecular formula is C57H37N3O. The average Bonchev–Trinajstić information content (AvgIpc) is 3.74. The number of rotatable bonds is 8. The van der Waals surface area contributed by atoms with Gasteiger partial charge in [0, 0.05) is 60.8 Å². The van der Waals surface area contributed by atoms with E-state index in [-0.39, 0.29) is 0 Å². The first-order chi connectivity index (χ1) is 30.2. The van der Waals surface area contributed by atoms with Gasteiger partial charge in [0.2, 0.25) is 0 Å². The van der Waals surface area contributed by atoms with Gasteiger partial charge in [-0.15, -0.1) is 0 Å². The van der Waals surface area contributed by atoms with Gasteiger partial charge in [-0.1, -0.05) is 188 Å². The van der Waals surface area contributed by atoms with Gasteiger partial charge < -0.3 is 4.42 Å². The quantitative estimate of drug-likeness (QED) is 0.154. The molecule has 0 spiro atoms. The molecule has 11 rings (SSSR count). The van der Waals surface area contributed by atoms with Crippen molar-refractivity contribution in [3.63, 3.8) is 0 Å². The molecule has 4 aromatic heterocycles. The number of nitrogens with zero attached hydrogens (tertiary/aromatic N) is 3. The van der Waals surface area contributed by atoms with Gasteiger partial charge >= 0.3 is 0 Å². The lowest BCUT2D eigenvalue weighted by Crippen LogP contribution is -1.97. The monoisotopic (exact) mass is 779 g/mol. The predicted molar refractivity (Wildman–Crippen MR) is 251 cm³/mol. The highest BCUT2D eigenvalue weighted by Crippen LogP contribution is 2.44. The fourth-order valence-electron chi connectivity index (χ4n) is 8.31. The van der Waals surface area contributed by atoms with Gasteiger partial charge in [0.25, 0.3) is 0 Å². The fraction of sp³-hybridized carbons (Fsp3) is 0. The number of para-hydroxylation sites is 2. The maximum Gasteiger partial charge on any atom is 0.143 e. The second-order valence-electron chi connectivity index (χ2n) is 15.1. The van der Waals surface area contributed by atoms with E-state index in [9.17, 15) is 0 Å². The summed E-state index contributed by atoms with van der Waals surface area (Å²) in [6, 6.07) is 77.7. The molecule has 4 heterocycles. The van der Waals surface area contributed by atoms with Gasteiger partial charge in [-0.3, -0.25) is 0 Å². The Morgan fingerprint density at radius 1 is 0.246 bits per heavy atom. The summed E-state index contributed by atoms with van der Waals surface area (Å²) >= 11 is 0. The van der Waals surface area contributed by atoms with Crippen molar-refractivity contribution in [2.75, 3.05) is 0 Å². The molecule has 4 nitrogen and oxygen atoms in total. The lowest BCUT2D eigenvalue weighted by Gasteiger charge is -2.16. The van der Waals surface area contributed by atoms with Gasteiger partial charge in [-0.05, 0) is 42.0 Å². The van der Waals surface area contributed by atoms with E-state index in [4.69, 9.17) is 19.4 Å². The Kier molecular flexibility index (Phi) is 9.14. The normalized spacial score (nSPS) is 11.3. The number of aromatic nitrogens is 3. The summed E-state index contributed by atoms with van der Waals surface area (Å²) in [7, 11) is 0. The highest BCUT2D eigenvalue weighted by Gasteiger charge is 2.21. The van der Waals surface area contributed by atoms with E-state index in [2.05, 4.69) is 194 Å². The van der Waals surface area contributed by atoms with Crippen molar-refractivity contribution < 1.29 is 4.42 Å². The second kappa shape index (κ2) is 15.5. The second-order valence-corrected chi connectivity index (χ2v) is 15.1. The van der Waals surface area contributed by atoms with Crippen LogP contribution in [0.2, 0.25) is 0 Å². The highest BCUT2D eigenvalue weighted by atomic mass is 16.3. The number of pyridine rings is 3. The van der Waals surface area contributed by atoms with Crippen LogP contribution in [0.4, 0.5) is 0 Å².